The van der Waals surface area contributed by atoms with E-state index >= 15 is 0 Å². The van der Waals surface area contributed by atoms with Crippen molar-refractivity contribution < 1.29 is 23.1 Å². The van der Waals surface area contributed by atoms with Gasteiger partial charge in [0.25, 0.3) is 5.91 Å². The molecule has 2 aliphatic heterocycles. The molecule has 0 radical (unpaired) electrons. The van der Waals surface area contributed by atoms with Crippen LogP contribution >= 0.6 is 11.6 Å². The molecule has 14 heteroatoms. The van der Waals surface area contributed by atoms with Crippen LogP contribution in [-0.4, -0.2) is 76.3 Å². The maximum atomic E-state index is 13.8. The zero-order valence-corrected chi connectivity index (χ0v) is 23.1. The zero-order valence-electron chi connectivity index (χ0n) is 21.5. The molecule has 2 aliphatic rings. The fourth-order valence-electron chi connectivity index (χ4n) is 5.43. The average molecular weight is 576 g/mol. The van der Waals surface area contributed by atoms with E-state index in [0.717, 1.165) is 24.7 Å². The third-order valence-corrected chi connectivity index (χ3v) is 7.95. The molecule has 5 rings (SSSR count). The van der Waals surface area contributed by atoms with E-state index in [1.807, 2.05) is 6.92 Å². The fourth-order valence-corrected chi connectivity index (χ4v) is 6.18. The molecule has 4 heterocycles. The number of aliphatic carboxylic acids is 1. The maximum absolute atomic E-state index is 13.8. The van der Waals surface area contributed by atoms with Crippen molar-refractivity contribution >= 4 is 50.7 Å². The van der Waals surface area contributed by atoms with Crippen LogP contribution in [0.15, 0.2) is 30.5 Å². The van der Waals surface area contributed by atoms with Crippen molar-refractivity contribution in [3.63, 3.8) is 0 Å². The Hall–Kier alpha value is -3.42. The third-order valence-electron chi connectivity index (χ3n) is 7.13. The molecule has 2 fully saturated rings. The molecule has 2 saturated heterocycles. The highest BCUT2D eigenvalue weighted by molar-refractivity contribution is 7.92. The lowest BCUT2D eigenvalue weighted by atomic mass is 9.98. The van der Waals surface area contributed by atoms with Crippen LogP contribution in [0.5, 0.6) is 0 Å². The van der Waals surface area contributed by atoms with Gasteiger partial charge in [-0.2, -0.15) is 5.10 Å². The Morgan fingerprint density at radius 3 is 2.72 bits per heavy atom. The van der Waals surface area contributed by atoms with Crippen LogP contribution < -0.4 is 15.4 Å². The highest BCUT2D eigenvalue weighted by Crippen LogP contribution is 2.35. The summed E-state index contributed by atoms with van der Waals surface area (Å²) in [5, 5.41) is 14.7. The minimum atomic E-state index is -3.62. The van der Waals surface area contributed by atoms with E-state index < -0.39 is 22.0 Å². The number of fused-ring (bicyclic) bond motifs is 1. The number of rotatable bonds is 6. The number of carboxylic acids is 1. The Kier molecular flexibility index (Phi) is 7.16. The van der Waals surface area contributed by atoms with Gasteiger partial charge in [-0.15, -0.1) is 0 Å². The van der Waals surface area contributed by atoms with Crippen LogP contribution in [0.25, 0.3) is 5.65 Å². The van der Waals surface area contributed by atoms with Gasteiger partial charge in [0.1, 0.15) is 11.9 Å². The summed E-state index contributed by atoms with van der Waals surface area (Å²) in [4.78, 5) is 33.8. The number of aromatic nitrogens is 3. The van der Waals surface area contributed by atoms with Crippen molar-refractivity contribution in [3.8, 4) is 0 Å². The predicted molar refractivity (Wildman–Crippen MR) is 147 cm³/mol. The number of carboxylic acid groups (broad SMARTS) is 1. The number of benzene rings is 1. The first-order valence-corrected chi connectivity index (χ1v) is 14.9. The minimum Gasteiger partial charge on any atom is -0.480 e. The number of carbonyl (C=O) groups is 2. The van der Waals surface area contributed by atoms with Gasteiger partial charge in [-0.25, -0.2) is 22.7 Å². The van der Waals surface area contributed by atoms with Gasteiger partial charge in [0, 0.05) is 42.0 Å². The third kappa shape index (κ3) is 5.52. The van der Waals surface area contributed by atoms with Gasteiger partial charge < -0.3 is 20.6 Å². The number of aryl methyl sites for hydroxylation is 1. The molecule has 0 saturated carbocycles. The quantitative estimate of drug-likeness (QED) is 0.400. The molecule has 12 nitrogen and oxygen atoms in total. The van der Waals surface area contributed by atoms with E-state index in [1.165, 1.54) is 18.2 Å². The number of anilines is 2. The number of nitrogens with one attached hydrogen (secondary N) is 1. The summed E-state index contributed by atoms with van der Waals surface area (Å²) < 4.78 is 27.9. The first-order chi connectivity index (χ1) is 18.4. The SMILES string of the molecule is Cc1cn2nc(C3CCCCN3C(=O)c3cc(Cl)ccc3NS(C)(=O)=O)cc2nc1N1CC(N)CC1C(=O)O. The second kappa shape index (κ2) is 10.3. The summed E-state index contributed by atoms with van der Waals surface area (Å²) in [6.45, 7) is 2.69. The van der Waals surface area contributed by atoms with E-state index in [0.29, 0.717) is 48.1 Å². The average Bonchev–Trinajstić information content (AvgIpc) is 3.46. The molecule has 1 aromatic carbocycles. The van der Waals surface area contributed by atoms with Gasteiger partial charge in [0.05, 0.1) is 29.2 Å². The predicted octanol–water partition coefficient (Wildman–Crippen LogP) is 2.42. The number of nitrogens with two attached hydrogens (primary N) is 1. The number of sulfonamides is 1. The molecular weight excluding hydrogens is 546 g/mol. The molecule has 4 N–H and O–H groups in total. The lowest BCUT2D eigenvalue weighted by Crippen LogP contribution is -2.39. The fraction of sp³-hybridized carbons (Fsp3) is 0.440. The van der Waals surface area contributed by atoms with E-state index in [9.17, 15) is 23.1 Å². The van der Waals surface area contributed by atoms with Crippen molar-refractivity contribution in [1.29, 1.82) is 0 Å². The minimum absolute atomic E-state index is 0.157. The van der Waals surface area contributed by atoms with Gasteiger partial charge in [-0.3, -0.25) is 9.52 Å². The molecule has 3 atom stereocenters. The van der Waals surface area contributed by atoms with Crippen LogP contribution in [0, 0.1) is 6.92 Å². The Morgan fingerprint density at radius 2 is 2.00 bits per heavy atom. The molecular formula is C25H30ClN7O5S. The van der Waals surface area contributed by atoms with Gasteiger partial charge >= 0.3 is 5.97 Å². The number of piperidine rings is 1. The number of halogens is 1. The van der Waals surface area contributed by atoms with Crippen LogP contribution in [0.2, 0.25) is 5.02 Å². The first kappa shape index (κ1) is 27.2. The standard InChI is InChI=1S/C25H30ClN7O5S/c1-14-12-33-22(28-23(14)32-13-16(27)10-21(32)25(35)36)11-19(29-33)20-5-3-4-8-31(20)24(34)17-9-15(26)6-7-18(17)30-39(2,37)38/h6-7,9,11-12,16,20-21,30H,3-5,8,10,13,27H2,1-2H3,(H,35,36). The Balaban J connectivity index is 1.50. The van der Waals surface area contributed by atoms with Gasteiger partial charge in [0.2, 0.25) is 10.0 Å². The van der Waals surface area contributed by atoms with Crippen molar-refractivity contribution in [3.05, 3.63) is 52.3 Å². The summed E-state index contributed by atoms with van der Waals surface area (Å²) in [7, 11) is -3.62. The summed E-state index contributed by atoms with van der Waals surface area (Å²) >= 11 is 6.18. The topological polar surface area (TPSA) is 163 Å². The lowest BCUT2D eigenvalue weighted by Gasteiger charge is -2.35. The van der Waals surface area contributed by atoms with Crippen molar-refractivity contribution in [1.82, 2.24) is 19.5 Å². The van der Waals surface area contributed by atoms with Gasteiger partial charge in [0.15, 0.2) is 5.65 Å². The molecule has 39 heavy (non-hydrogen) atoms. The Morgan fingerprint density at radius 1 is 1.23 bits per heavy atom. The van der Waals surface area contributed by atoms with Crippen molar-refractivity contribution in [2.75, 3.05) is 29.0 Å². The number of amides is 1. The molecule has 0 aliphatic carbocycles. The van der Waals surface area contributed by atoms with Crippen LogP contribution in [0.3, 0.4) is 0 Å². The maximum Gasteiger partial charge on any atom is 0.326 e. The first-order valence-electron chi connectivity index (χ1n) is 12.6. The van der Waals surface area contributed by atoms with Crippen molar-refractivity contribution in [2.45, 2.75) is 50.7 Å². The number of hydrogen-bond donors (Lipinski definition) is 3. The molecule has 3 unspecified atom stereocenters. The molecule has 0 spiro atoms. The van der Waals surface area contributed by atoms with E-state index in [1.54, 1.807) is 26.6 Å². The van der Waals surface area contributed by atoms with Crippen molar-refractivity contribution in [2.24, 2.45) is 5.73 Å². The smallest absolute Gasteiger partial charge is 0.326 e. The second-order valence-electron chi connectivity index (χ2n) is 10.2. The van der Waals surface area contributed by atoms with E-state index in [4.69, 9.17) is 27.4 Å². The highest BCUT2D eigenvalue weighted by atomic mass is 35.5. The number of nitrogens with zero attached hydrogens (tertiary/aromatic N) is 5. The Bertz CT molecular complexity index is 1560. The Labute approximate surface area is 230 Å². The molecule has 0 bridgehead atoms. The summed E-state index contributed by atoms with van der Waals surface area (Å²) in [6.07, 6.45) is 5.50. The molecule has 2 aromatic heterocycles. The summed E-state index contributed by atoms with van der Waals surface area (Å²) in [5.41, 5.74) is 8.30. The number of hydrogen-bond acceptors (Lipinski definition) is 8. The van der Waals surface area contributed by atoms with Crippen LogP contribution in [0.4, 0.5) is 11.5 Å². The van der Waals surface area contributed by atoms with Crippen LogP contribution in [0.1, 0.15) is 53.3 Å². The van der Waals surface area contributed by atoms with Crippen LogP contribution in [-0.2, 0) is 14.8 Å². The number of likely N-dealkylation sites (tertiary alicyclic amines) is 1. The normalized spacial score (nSPS) is 21.9. The van der Waals surface area contributed by atoms with Gasteiger partial charge in [-0.05, 0) is 50.8 Å². The lowest BCUT2D eigenvalue weighted by molar-refractivity contribution is -0.138. The molecule has 208 valence electrons. The number of carbonyl (C=O) groups excluding carboxylic acids is 1. The van der Waals surface area contributed by atoms with E-state index in [-0.39, 0.29) is 29.2 Å². The molecule has 3 aromatic rings. The van der Waals surface area contributed by atoms with Gasteiger partial charge in [-0.1, -0.05) is 11.6 Å². The van der Waals surface area contributed by atoms with E-state index in [2.05, 4.69) is 4.72 Å². The zero-order chi connectivity index (χ0) is 28.1. The summed E-state index contributed by atoms with van der Waals surface area (Å²) in [6, 6.07) is 4.88. The summed E-state index contributed by atoms with van der Waals surface area (Å²) in [5.74, 6) is -0.757. The molecule has 1 amide bonds. The second-order valence-corrected chi connectivity index (χ2v) is 12.4. The largest absolute Gasteiger partial charge is 0.480 e. The monoisotopic (exact) mass is 575 g/mol. The highest BCUT2D eigenvalue weighted by Gasteiger charge is 2.37.